The van der Waals surface area contributed by atoms with E-state index in [1.165, 1.54) is 0 Å². The monoisotopic (exact) mass is 423 g/mol. The summed E-state index contributed by atoms with van der Waals surface area (Å²) in [4.78, 5) is 0. The normalized spacial score (nSPS) is 0. The van der Waals surface area contributed by atoms with Gasteiger partial charge in [0.25, 0.3) is 0 Å². The van der Waals surface area contributed by atoms with Gasteiger partial charge in [0.1, 0.15) is 0 Å². The van der Waals surface area contributed by atoms with Crippen LogP contribution >= 0.6 is 0 Å². The molecule has 0 saturated heterocycles. The van der Waals surface area contributed by atoms with E-state index in [0.717, 1.165) is 0 Å². The molecule has 0 bridgehead atoms. The van der Waals surface area contributed by atoms with Gasteiger partial charge in [0.15, 0.2) is 0 Å². The fourth-order valence-electron chi connectivity index (χ4n) is 0. The second kappa shape index (κ2) is 27.9. The van der Waals surface area contributed by atoms with Crippen molar-refractivity contribution in [2.45, 2.75) is 0 Å². The molecule has 0 atom stereocenters. The zero-order valence-electron chi connectivity index (χ0n) is 2.01. The first-order chi connectivity index (χ1) is 0. The summed E-state index contributed by atoms with van der Waals surface area (Å²) in [5.41, 5.74) is 0. The van der Waals surface area contributed by atoms with Crippen molar-refractivity contribution in [3.8, 4) is 0 Å². The van der Waals surface area contributed by atoms with Gasteiger partial charge in [-0.15, -0.1) is 0 Å². The van der Waals surface area contributed by atoms with Crippen LogP contribution in [0.25, 0.3) is 0 Å². The molecular formula is H10CuGaSbSe2. The Morgan fingerprint density at radius 1 is 0.800 bits per heavy atom. The molecule has 0 aliphatic rings. The molecule has 5 heavy (non-hydrogen) atoms. The predicted molar refractivity (Wildman–Crippen MR) is 37.0 cm³/mol. The van der Waals surface area contributed by atoms with Crippen LogP contribution in [-0.2, 0) is 17.1 Å². The molecule has 0 fully saturated rings. The molecule has 0 aromatic carbocycles. The van der Waals surface area contributed by atoms with E-state index in [1.54, 1.807) is 0 Å². The molecule has 0 amide bonds. The van der Waals surface area contributed by atoms with E-state index in [4.69, 9.17) is 0 Å². The van der Waals surface area contributed by atoms with Gasteiger partial charge in [-0.05, 0) is 0 Å². The Bertz CT molecular complexity index is 9.61. The van der Waals surface area contributed by atoms with E-state index in [2.05, 4.69) is 0 Å². The molecule has 0 N–H and O–H groups in total. The third-order valence-corrected chi connectivity index (χ3v) is 0. The number of rotatable bonds is 0. The summed E-state index contributed by atoms with van der Waals surface area (Å²) in [6.07, 6.45) is 0. The van der Waals surface area contributed by atoms with Crippen molar-refractivity contribution in [1.82, 2.24) is 0 Å². The zero-order valence-corrected chi connectivity index (χ0v) is 11.2. The van der Waals surface area contributed by atoms with Gasteiger partial charge < -0.3 is 0 Å². The summed E-state index contributed by atoms with van der Waals surface area (Å²) in [6, 6.07) is 0. The zero-order chi connectivity index (χ0) is 0. The van der Waals surface area contributed by atoms with Crippen molar-refractivity contribution in [3.05, 3.63) is 0 Å². The standard InChI is InChI=1S/Cu.Ga.Sb.2H2Se.6H/h;;;2*1H2;;;;;;. The molecule has 0 aliphatic heterocycles. The molecule has 41 valence electrons. The van der Waals surface area contributed by atoms with E-state index >= 15 is 0 Å². The van der Waals surface area contributed by atoms with Gasteiger partial charge in [-0.1, -0.05) is 0 Å². The third-order valence-electron chi connectivity index (χ3n) is 0. The summed E-state index contributed by atoms with van der Waals surface area (Å²) in [5.74, 6) is 0. The van der Waals surface area contributed by atoms with E-state index in [1.807, 2.05) is 0 Å². The molecule has 0 nitrogen and oxygen atoms in total. The Morgan fingerprint density at radius 3 is 0.800 bits per heavy atom. The molecule has 5 heteroatoms. The molecule has 0 aromatic heterocycles. The molecular weight excluding hydrogens is 413 g/mol. The molecule has 0 aliphatic carbocycles. The van der Waals surface area contributed by atoms with Crippen molar-refractivity contribution in [2.75, 3.05) is 0 Å². The van der Waals surface area contributed by atoms with Crippen molar-refractivity contribution in [3.63, 3.8) is 0 Å². The quantitative estimate of drug-likeness (QED) is 0.347. The Balaban J connectivity index is 0. The van der Waals surface area contributed by atoms with Gasteiger partial charge >= 0.3 is 78.4 Å². The molecule has 0 unspecified atom stereocenters. The molecule has 0 saturated carbocycles. The second-order valence-corrected chi connectivity index (χ2v) is 0. The van der Waals surface area contributed by atoms with Gasteiger partial charge in [0.05, 0.1) is 0 Å². The number of hydrogen-bond acceptors (Lipinski definition) is 0. The maximum atomic E-state index is 0. The Labute approximate surface area is 93.9 Å². The predicted octanol–water partition coefficient (Wildman–Crippen LogP) is -4.20. The van der Waals surface area contributed by atoms with Crippen LogP contribution < -0.4 is 0 Å². The number of hydrogen-bond donors (Lipinski definition) is 0. The first kappa shape index (κ1) is 43.4. The fraction of sp³-hybridized carbons (Fsp3) is 0. The Kier molecular flexibility index (Phi) is 243. The van der Waals surface area contributed by atoms with Crippen LogP contribution in [-0.4, -0.2) is 78.4 Å². The van der Waals surface area contributed by atoms with Gasteiger partial charge in [-0.2, -0.15) is 0 Å². The van der Waals surface area contributed by atoms with Crippen LogP contribution in [0, 0.1) is 0 Å². The van der Waals surface area contributed by atoms with Crippen LogP contribution in [0.5, 0.6) is 0 Å². The van der Waals surface area contributed by atoms with Crippen LogP contribution in [0.15, 0.2) is 0 Å². The first-order valence-corrected chi connectivity index (χ1v) is 0. The molecule has 1 radical (unpaired) electrons. The summed E-state index contributed by atoms with van der Waals surface area (Å²) in [7, 11) is 0. The van der Waals surface area contributed by atoms with Crippen LogP contribution in [0.3, 0.4) is 0 Å². The summed E-state index contributed by atoms with van der Waals surface area (Å²) >= 11 is 0. The minimum absolute atomic E-state index is 0. The van der Waals surface area contributed by atoms with E-state index in [-0.39, 0.29) is 95.4 Å². The van der Waals surface area contributed by atoms with Gasteiger partial charge in [0.2, 0.25) is 0 Å². The maximum absolute atomic E-state index is 0. The second-order valence-electron chi connectivity index (χ2n) is 0. The minimum atomic E-state index is 0. The van der Waals surface area contributed by atoms with Crippen LogP contribution in [0.4, 0.5) is 0 Å². The van der Waals surface area contributed by atoms with Gasteiger partial charge in [-0.25, -0.2) is 0 Å². The van der Waals surface area contributed by atoms with E-state index < -0.39 is 0 Å². The van der Waals surface area contributed by atoms with Crippen molar-refractivity contribution >= 4 is 78.4 Å². The molecule has 0 spiro atoms. The first-order valence-electron chi connectivity index (χ1n) is 0. The SMILES string of the molecule is [Cu].[GaH3].[SbH3].[SeH2].[SeH2]. The average molecular weight is 423 g/mol. The Morgan fingerprint density at radius 2 is 0.800 bits per heavy atom. The topological polar surface area (TPSA) is 0 Å². The van der Waals surface area contributed by atoms with Crippen molar-refractivity contribution < 1.29 is 17.1 Å². The van der Waals surface area contributed by atoms with E-state index in [9.17, 15) is 0 Å². The molecule has 0 heterocycles. The molecule has 0 rings (SSSR count). The van der Waals surface area contributed by atoms with Crippen molar-refractivity contribution in [1.29, 1.82) is 0 Å². The third kappa shape index (κ3) is 19.4. The summed E-state index contributed by atoms with van der Waals surface area (Å²) < 4.78 is 0. The van der Waals surface area contributed by atoms with Crippen LogP contribution in [0.2, 0.25) is 0 Å². The van der Waals surface area contributed by atoms with Crippen molar-refractivity contribution in [2.24, 2.45) is 0 Å². The summed E-state index contributed by atoms with van der Waals surface area (Å²) in [6.45, 7) is 0. The van der Waals surface area contributed by atoms with Crippen LogP contribution in [0.1, 0.15) is 0 Å². The fourth-order valence-corrected chi connectivity index (χ4v) is 0. The average Bonchev–Trinajstić information content (AvgIpc) is 0. The molecule has 0 aromatic rings. The summed E-state index contributed by atoms with van der Waals surface area (Å²) in [5, 5.41) is 0. The van der Waals surface area contributed by atoms with Gasteiger partial charge in [0, 0.05) is 17.1 Å². The van der Waals surface area contributed by atoms with E-state index in [0.29, 0.717) is 0 Å². The Hall–Kier alpha value is 3.01. The van der Waals surface area contributed by atoms with Gasteiger partial charge in [-0.3, -0.25) is 0 Å².